The normalized spacial score (nSPS) is 27.4. The molecular formula is C12H20N2O2. The third kappa shape index (κ3) is 2.61. The molecule has 4 nitrogen and oxygen atoms in total. The van der Waals surface area contributed by atoms with Crippen molar-refractivity contribution in [2.75, 3.05) is 32.7 Å². The molecule has 0 radical (unpaired) electrons. The highest BCUT2D eigenvalue weighted by Crippen LogP contribution is 2.13. The lowest BCUT2D eigenvalue weighted by Crippen LogP contribution is -2.45. The van der Waals surface area contributed by atoms with Crippen LogP contribution in [0.15, 0.2) is 0 Å². The molecule has 2 aliphatic heterocycles. The van der Waals surface area contributed by atoms with Gasteiger partial charge >= 0.3 is 0 Å². The summed E-state index contributed by atoms with van der Waals surface area (Å²) in [6.45, 7) is 5.79. The minimum absolute atomic E-state index is 0.0973. The van der Waals surface area contributed by atoms with Gasteiger partial charge in [0.2, 0.25) is 5.91 Å². The van der Waals surface area contributed by atoms with Gasteiger partial charge in [-0.25, -0.2) is 0 Å². The largest absolute Gasteiger partial charge is 0.342 e. The molecule has 2 saturated heterocycles. The van der Waals surface area contributed by atoms with Crippen LogP contribution in [0.5, 0.6) is 0 Å². The second kappa shape index (κ2) is 4.95. The lowest BCUT2D eigenvalue weighted by molar-refractivity contribution is -0.134. The molecule has 0 spiro atoms. The van der Waals surface area contributed by atoms with E-state index in [2.05, 4.69) is 4.90 Å². The number of nitrogens with zero attached hydrogens (tertiary/aromatic N) is 2. The number of carbonyl (C=O) groups is 2. The first-order valence-electron chi connectivity index (χ1n) is 6.19. The van der Waals surface area contributed by atoms with E-state index in [0.29, 0.717) is 18.7 Å². The van der Waals surface area contributed by atoms with E-state index < -0.39 is 0 Å². The Morgan fingerprint density at radius 3 is 2.62 bits per heavy atom. The van der Waals surface area contributed by atoms with Crippen molar-refractivity contribution in [1.82, 2.24) is 9.80 Å². The summed E-state index contributed by atoms with van der Waals surface area (Å²) in [5.74, 6) is 0.670. The first-order valence-corrected chi connectivity index (χ1v) is 6.19. The predicted molar refractivity (Wildman–Crippen MR) is 61.0 cm³/mol. The van der Waals surface area contributed by atoms with Crippen LogP contribution in [0.25, 0.3) is 0 Å². The number of ketones is 1. The predicted octanol–water partition coefficient (Wildman–Crippen LogP) is 0.520. The van der Waals surface area contributed by atoms with Gasteiger partial charge in [0.25, 0.3) is 0 Å². The fourth-order valence-corrected chi connectivity index (χ4v) is 2.50. The van der Waals surface area contributed by atoms with Crippen LogP contribution < -0.4 is 0 Å². The Bertz CT molecular complexity index is 285. The van der Waals surface area contributed by atoms with E-state index in [1.54, 1.807) is 0 Å². The number of rotatable bonds is 2. The second-order valence-corrected chi connectivity index (χ2v) is 4.94. The molecule has 0 aromatic heterocycles. The molecule has 0 aliphatic carbocycles. The maximum Gasteiger partial charge on any atom is 0.236 e. The van der Waals surface area contributed by atoms with Crippen molar-refractivity contribution >= 4 is 11.7 Å². The first kappa shape index (κ1) is 11.6. The number of amides is 1. The SMILES string of the molecule is CC1CN(CC(=O)N2CCCC2)CCC1=O. The van der Waals surface area contributed by atoms with Gasteiger partial charge < -0.3 is 4.90 Å². The van der Waals surface area contributed by atoms with Crippen LogP contribution in [0.4, 0.5) is 0 Å². The Labute approximate surface area is 96.6 Å². The molecule has 16 heavy (non-hydrogen) atoms. The monoisotopic (exact) mass is 224 g/mol. The molecule has 0 aromatic carbocycles. The molecule has 0 N–H and O–H groups in total. The van der Waals surface area contributed by atoms with E-state index in [0.717, 1.165) is 39.0 Å². The zero-order valence-corrected chi connectivity index (χ0v) is 9.95. The van der Waals surface area contributed by atoms with E-state index >= 15 is 0 Å². The Balaban J connectivity index is 1.80. The van der Waals surface area contributed by atoms with Crippen molar-refractivity contribution in [3.8, 4) is 0 Å². The van der Waals surface area contributed by atoms with Crippen LogP contribution in [0.2, 0.25) is 0 Å². The topological polar surface area (TPSA) is 40.6 Å². The molecule has 0 saturated carbocycles. The third-order valence-corrected chi connectivity index (χ3v) is 3.57. The summed E-state index contributed by atoms with van der Waals surface area (Å²) in [7, 11) is 0. The smallest absolute Gasteiger partial charge is 0.236 e. The third-order valence-electron chi connectivity index (χ3n) is 3.57. The van der Waals surface area contributed by atoms with Crippen molar-refractivity contribution in [2.24, 2.45) is 5.92 Å². The van der Waals surface area contributed by atoms with Gasteiger partial charge in [-0.05, 0) is 12.8 Å². The van der Waals surface area contributed by atoms with E-state index in [-0.39, 0.29) is 11.8 Å². The van der Waals surface area contributed by atoms with E-state index in [9.17, 15) is 9.59 Å². The van der Waals surface area contributed by atoms with Gasteiger partial charge in [-0.2, -0.15) is 0 Å². The van der Waals surface area contributed by atoms with Gasteiger partial charge in [-0.1, -0.05) is 6.92 Å². The molecule has 4 heteroatoms. The molecule has 2 heterocycles. The van der Waals surface area contributed by atoms with Gasteiger partial charge in [0.15, 0.2) is 0 Å². The summed E-state index contributed by atoms with van der Waals surface area (Å²) in [4.78, 5) is 27.3. The average Bonchev–Trinajstić information content (AvgIpc) is 2.77. The van der Waals surface area contributed by atoms with E-state index in [4.69, 9.17) is 0 Å². The van der Waals surface area contributed by atoms with Gasteiger partial charge in [0, 0.05) is 38.5 Å². The Hall–Kier alpha value is -0.900. The number of hydrogen-bond donors (Lipinski definition) is 0. The molecule has 1 amide bonds. The van der Waals surface area contributed by atoms with Crippen molar-refractivity contribution in [3.63, 3.8) is 0 Å². The van der Waals surface area contributed by atoms with Crippen molar-refractivity contribution in [1.29, 1.82) is 0 Å². The van der Waals surface area contributed by atoms with Gasteiger partial charge in [-0.15, -0.1) is 0 Å². The number of carbonyl (C=O) groups excluding carboxylic acids is 2. The summed E-state index contributed by atoms with van der Waals surface area (Å²) in [6, 6.07) is 0. The Kier molecular flexibility index (Phi) is 3.59. The molecule has 1 unspecified atom stereocenters. The summed E-state index contributed by atoms with van der Waals surface area (Å²) < 4.78 is 0. The first-order chi connectivity index (χ1) is 7.66. The van der Waals surface area contributed by atoms with E-state index in [1.165, 1.54) is 0 Å². The van der Waals surface area contributed by atoms with E-state index in [1.807, 2.05) is 11.8 Å². The summed E-state index contributed by atoms with van der Waals surface area (Å²) in [5.41, 5.74) is 0. The lowest BCUT2D eigenvalue weighted by atomic mass is 9.99. The number of Topliss-reactive ketones (excluding diaryl/α,β-unsaturated/α-hetero) is 1. The molecule has 2 aliphatic rings. The average molecular weight is 224 g/mol. The maximum absolute atomic E-state index is 11.9. The summed E-state index contributed by atoms with van der Waals surface area (Å²) in [5, 5.41) is 0. The van der Waals surface area contributed by atoms with Crippen LogP contribution in [0, 0.1) is 5.92 Å². The van der Waals surface area contributed by atoms with Crippen molar-refractivity contribution in [2.45, 2.75) is 26.2 Å². The zero-order valence-electron chi connectivity index (χ0n) is 9.95. The molecule has 0 bridgehead atoms. The van der Waals surface area contributed by atoms with Crippen LogP contribution >= 0.6 is 0 Å². The zero-order chi connectivity index (χ0) is 11.5. The Morgan fingerprint density at radius 2 is 2.00 bits per heavy atom. The maximum atomic E-state index is 11.9. The van der Waals surface area contributed by atoms with Crippen molar-refractivity contribution in [3.05, 3.63) is 0 Å². The number of hydrogen-bond acceptors (Lipinski definition) is 3. The minimum Gasteiger partial charge on any atom is -0.342 e. The molecule has 0 aromatic rings. The van der Waals surface area contributed by atoms with Crippen LogP contribution in [0.3, 0.4) is 0 Å². The highest BCUT2D eigenvalue weighted by atomic mass is 16.2. The van der Waals surface area contributed by atoms with Crippen LogP contribution in [-0.2, 0) is 9.59 Å². The molecule has 90 valence electrons. The van der Waals surface area contributed by atoms with Gasteiger partial charge in [0.05, 0.1) is 6.54 Å². The second-order valence-electron chi connectivity index (χ2n) is 4.94. The molecule has 1 atom stereocenters. The minimum atomic E-state index is 0.0973. The number of piperidine rings is 1. The fourth-order valence-electron chi connectivity index (χ4n) is 2.50. The van der Waals surface area contributed by atoms with Gasteiger partial charge in [-0.3, -0.25) is 14.5 Å². The summed E-state index contributed by atoms with van der Waals surface area (Å²) >= 11 is 0. The summed E-state index contributed by atoms with van der Waals surface area (Å²) in [6.07, 6.45) is 2.88. The fraction of sp³-hybridized carbons (Fsp3) is 0.833. The molecule has 2 rings (SSSR count). The lowest BCUT2D eigenvalue weighted by Gasteiger charge is -2.30. The van der Waals surface area contributed by atoms with Crippen molar-refractivity contribution < 1.29 is 9.59 Å². The highest BCUT2D eigenvalue weighted by molar-refractivity contribution is 5.82. The van der Waals surface area contributed by atoms with Crippen LogP contribution in [-0.4, -0.2) is 54.2 Å². The Morgan fingerprint density at radius 1 is 1.31 bits per heavy atom. The quantitative estimate of drug-likeness (QED) is 0.686. The van der Waals surface area contributed by atoms with Crippen LogP contribution in [0.1, 0.15) is 26.2 Å². The van der Waals surface area contributed by atoms with Gasteiger partial charge in [0.1, 0.15) is 5.78 Å². The molecule has 2 fully saturated rings. The highest BCUT2D eigenvalue weighted by Gasteiger charge is 2.26. The number of likely N-dealkylation sites (tertiary alicyclic amines) is 2. The standard InChI is InChI=1S/C12H20N2O2/c1-10-8-13(7-4-11(10)15)9-12(16)14-5-2-3-6-14/h10H,2-9H2,1H3. The molecular weight excluding hydrogens is 204 g/mol.